The molecule has 3 heteroatoms. The van der Waals surface area contributed by atoms with Gasteiger partial charge in [0.25, 0.3) is 0 Å². The van der Waals surface area contributed by atoms with Crippen LogP contribution in [0.25, 0.3) is 0 Å². The number of benzene rings is 1. The molecule has 0 radical (unpaired) electrons. The summed E-state index contributed by atoms with van der Waals surface area (Å²) in [7, 11) is 0. The number of aryl methyl sites for hydroxylation is 1. The summed E-state index contributed by atoms with van der Waals surface area (Å²) >= 11 is 0. The van der Waals surface area contributed by atoms with Crippen LogP contribution in [-0.4, -0.2) is 23.7 Å². The van der Waals surface area contributed by atoms with Gasteiger partial charge in [0.05, 0.1) is 11.5 Å². The van der Waals surface area contributed by atoms with Crippen LogP contribution in [0.1, 0.15) is 43.7 Å². The van der Waals surface area contributed by atoms with E-state index in [-0.39, 0.29) is 11.3 Å². The van der Waals surface area contributed by atoms with Crippen molar-refractivity contribution in [3.63, 3.8) is 0 Å². The molecule has 0 aliphatic heterocycles. The van der Waals surface area contributed by atoms with Gasteiger partial charge in [0.15, 0.2) is 0 Å². The maximum absolute atomic E-state index is 12.5. The summed E-state index contributed by atoms with van der Waals surface area (Å²) in [6.07, 6.45) is 3.13. The standard InChI is InChI=1S/C16H23NO2/c1-3-14(18)11-17-15(19)16(8-5-9-16)13-7-4-6-12(2)10-13/h4,6-7,10,14,18H,3,5,8-9,11H2,1-2H3,(H,17,19). The second-order valence-electron chi connectivity index (χ2n) is 5.58. The van der Waals surface area contributed by atoms with Crippen molar-refractivity contribution in [1.29, 1.82) is 0 Å². The fraction of sp³-hybridized carbons (Fsp3) is 0.562. The monoisotopic (exact) mass is 261 g/mol. The van der Waals surface area contributed by atoms with Crippen molar-refractivity contribution < 1.29 is 9.90 Å². The third kappa shape index (κ3) is 2.81. The smallest absolute Gasteiger partial charge is 0.230 e. The Hall–Kier alpha value is -1.35. The summed E-state index contributed by atoms with van der Waals surface area (Å²) in [6.45, 7) is 4.31. The van der Waals surface area contributed by atoms with Crippen molar-refractivity contribution in [1.82, 2.24) is 5.32 Å². The van der Waals surface area contributed by atoms with Gasteiger partial charge >= 0.3 is 0 Å². The number of amides is 1. The summed E-state index contributed by atoms with van der Waals surface area (Å²) in [5, 5.41) is 12.5. The lowest BCUT2D eigenvalue weighted by Crippen LogP contribution is -2.50. The van der Waals surface area contributed by atoms with Gasteiger partial charge in [-0.15, -0.1) is 0 Å². The molecule has 1 aliphatic rings. The van der Waals surface area contributed by atoms with E-state index in [2.05, 4.69) is 24.4 Å². The molecule has 0 bridgehead atoms. The first-order valence-corrected chi connectivity index (χ1v) is 7.12. The average Bonchev–Trinajstić information content (AvgIpc) is 2.34. The molecule has 1 fully saturated rings. The van der Waals surface area contributed by atoms with Crippen molar-refractivity contribution in [3.8, 4) is 0 Å². The highest BCUT2D eigenvalue weighted by Gasteiger charge is 2.45. The Kier molecular flexibility index (Phi) is 4.25. The van der Waals surface area contributed by atoms with E-state index in [9.17, 15) is 9.90 Å². The molecule has 2 rings (SSSR count). The van der Waals surface area contributed by atoms with Gasteiger partial charge in [-0.05, 0) is 31.7 Å². The molecule has 1 atom stereocenters. The minimum Gasteiger partial charge on any atom is -0.391 e. The van der Waals surface area contributed by atoms with Crippen LogP contribution in [0, 0.1) is 6.92 Å². The molecule has 1 unspecified atom stereocenters. The molecule has 0 saturated heterocycles. The summed E-state index contributed by atoms with van der Waals surface area (Å²) in [5.41, 5.74) is 1.94. The second-order valence-corrected chi connectivity index (χ2v) is 5.58. The third-order valence-corrected chi connectivity index (χ3v) is 4.18. The van der Waals surface area contributed by atoms with Crippen LogP contribution in [0.4, 0.5) is 0 Å². The Labute approximate surface area is 115 Å². The number of aliphatic hydroxyl groups is 1. The molecule has 104 valence electrons. The van der Waals surface area contributed by atoms with Crippen LogP contribution >= 0.6 is 0 Å². The third-order valence-electron chi connectivity index (χ3n) is 4.18. The highest BCUT2D eigenvalue weighted by atomic mass is 16.3. The van der Waals surface area contributed by atoms with Crippen molar-refractivity contribution in [3.05, 3.63) is 35.4 Å². The zero-order chi connectivity index (χ0) is 13.9. The Morgan fingerprint density at radius 3 is 2.74 bits per heavy atom. The largest absolute Gasteiger partial charge is 0.391 e. The molecule has 3 nitrogen and oxygen atoms in total. The molecule has 1 aromatic carbocycles. The molecule has 0 spiro atoms. The predicted molar refractivity (Wildman–Crippen MR) is 76.0 cm³/mol. The first-order chi connectivity index (χ1) is 9.08. The van der Waals surface area contributed by atoms with Gasteiger partial charge in [-0.2, -0.15) is 0 Å². The molecule has 1 aromatic rings. The van der Waals surface area contributed by atoms with Crippen LogP contribution in [-0.2, 0) is 10.2 Å². The van der Waals surface area contributed by atoms with Crippen LogP contribution in [0.5, 0.6) is 0 Å². The van der Waals surface area contributed by atoms with Gasteiger partial charge in [-0.1, -0.05) is 43.2 Å². The minimum atomic E-state index is -0.446. The van der Waals surface area contributed by atoms with E-state index in [0.29, 0.717) is 13.0 Å². The fourth-order valence-corrected chi connectivity index (χ4v) is 2.64. The number of hydrogen-bond acceptors (Lipinski definition) is 2. The Balaban J connectivity index is 2.12. The minimum absolute atomic E-state index is 0.0665. The van der Waals surface area contributed by atoms with E-state index in [4.69, 9.17) is 0 Å². The molecule has 1 aliphatic carbocycles. The van der Waals surface area contributed by atoms with Crippen LogP contribution in [0.15, 0.2) is 24.3 Å². The quantitative estimate of drug-likeness (QED) is 0.854. The zero-order valence-corrected chi connectivity index (χ0v) is 11.8. The van der Waals surface area contributed by atoms with Gasteiger partial charge in [-0.25, -0.2) is 0 Å². The summed E-state index contributed by atoms with van der Waals surface area (Å²) in [6, 6.07) is 8.21. The van der Waals surface area contributed by atoms with Crippen molar-refractivity contribution in [2.75, 3.05) is 6.54 Å². The molecular weight excluding hydrogens is 238 g/mol. The Bertz CT molecular complexity index is 452. The lowest BCUT2D eigenvalue weighted by Gasteiger charge is -2.41. The molecule has 2 N–H and O–H groups in total. The van der Waals surface area contributed by atoms with Gasteiger partial charge < -0.3 is 10.4 Å². The zero-order valence-electron chi connectivity index (χ0n) is 11.8. The van der Waals surface area contributed by atoms with E-state index in [0.717, 1.165) is 24.8 Å². The van der Waals surface area contributed by atoms with Crippen molar-refractivity contribution in [2.45, 2.75) is 51.0 Å². The predicted octanol–water partition coefficient (Wildman–Crippen LogP) is 2.30. The Morgan fingerprint density at radius 1 is 1.47 bits per heavy atom. The lowest BCUT2D eigenvalue weighted by atomic mass is 9.63. The maximum Gasteiger partial charge on any atom is 0.230 e. The van der Waals surface area contributed by atoms with Gasteiger partial charge in [0.1, 0.15) is 0 Å². The molecule has 1 saturated carbocycles. The SMILES string of the molecule is CCC(O)CNC(=O)C1(c2cccc(C)c2)CCC1. The first kappa shape index (κ1) is 14.1. The first-order valence-electron chi connectivity index (χ1n) is 7.12. The molecule has 0 heterocycles. The van der Waals surface area contributed by atoms with E-state index in [1.807, 2.05) is 19.1 Å². The number of nitrogens with one attached hydrogen (secondary N) is 1. The van der Waals surface area contributed by atoms with Gasteiger partial charge in [0, 0.05) is 6.54 Å². The summed E-state index contributed by atoms with van der Waals surface area (Å²) < 4.78 is 0. The number of hydrogen-bond donors (Lipinski definition) is 2. The number of carbonyl (C=O) groups is 1. The summed E-state index contributed by atoms with van der Waals surface area (Å²) in [4.78, 5) is 12.5. The lowest BCUT2D eigenvalue weighted by molar-refractivity contribution is -0.130. The average molecular weight is 261 g/mol. The number of rotatable bonds is 5. The van der Waals surface area contributed by atoms with E-state index < -0.39 is 6.10 Å². The topological polar surface area (TPSA) is 49.3 Å². The molecule has 19 heavy (non-hydrogen) atoms. The highest BCUT2D eigenvalue weighted by molar-refractivity contribution is 5.89. The van der Waals surface area contributed by atoms with Gasteiger partial charge in [0.2, 0.25) is 5.91 Å². The molecule has 0 aromatic heterocycles. The molecule has 1 amide bonds. The van der Waals surface area contributed by atoms with Crippen LogP contribution in [0.3, 0.4) is 0 Å². The van der Waals surface area contributed by atoms with E-state index in [1.165, 1.54) is 5.56 Å². The highest BCUT2D eigenvalue weighted by Crippen LogP contribution is 2.44. The number of aliphatic hydroxyl groups excluding tert-OH is 1. The second kappa shape index (κ2) is 5.74. The van der Waals surface area contributed by atoms with Crippen molar-refractivity contribution in [2.24, 2.45) is 0 Å². The Morgan fingerprint density at radius 2 is 2.21 bits per heavy atom. The van der Waals surface area contributed by atoms with E-state index in [1.54, 1.807) is 0 Å². The van der Waals surface area contributed by atoms with Gasteiger partial charge in [-0.3, -0.25) is 4.79 Å². The maximum atomic E-state index is 12.5. The van der Waals surface area contributed by atoms with Crippen LogP contribution < -0.4 is 5.32 Å². The van der Waals surface area contributed by atoms with E-state index >= 15 is 0 Å². The fourth-order valence-electron chi connectivity index (χ4n) is 2.64. The van der Waals surface area contributed by atoms with Crippen molar-refractivity contribution >= 4 is 5.91 Å². The molecular formula is C16H23NO2. The summed E-state index contributed by atoms with van der Waals surface area (Å²) in [5.74, 6) is 0.0665. The van der Waals surface area contributed by atoms with Crippen LogP contribution in [0.2, 0.25) is 0 Å². The normalized spacial score (nSPS) is 18.5. The number of carbonyl (C=O) groups excluding carboxylic acids is 1.